The maximum atomic E-state index is 3.62. The normalized spacial score (nSPS) is 14.6. The maximum absolute atomic E-state index is 3.62. The summed E-state index contributed by atoms with van der Waals surface area (Å²) in [6.45, 7) is 7.97. The molecule has 0 bridgehead atoms. The Kier molecular flexibility index (Phi) is 6.83. The molecular formula is C15H24BrN. The SMILES string of the molecule is CCCC(C)CNC(C)Cc1ccc(Br)cc1. The maximum Gasteiger partial charge on any atom is 0.0175 e. The molecule has 0 fully saturated rings. The van der Waals surface area contributed by atoms with E-state index in [0.29, 0.717) is 6.04 Å². The van der Waals surface area contributed by atoms with Crippen LogP contribution in [0.1, 0.15) is 39.2 Å². The van der Waals surface area contributed by atoms with Crippen molar-refractivity contribution in [2.75, 3.05) is 6.54 Å². The Hall–Kier alpha value is -0.340. The Bertz CT molecular complexity index is 307. The van der Waals surface area contributed by atoms with Gasteiger partial charge in [0.15, 0.2) is 0 Å². The summed E-state index contributed by atoms with van der Waals surface area (Å²) in [5.41, 5.74) is 1.40. The number of benzene rings is 1. The van der Waals surface area contributed by atoms with Crippen molar-refractivity contribution in [2.24, 2.45) is 5.92 Å². The third-order valence-electron chi connectivity index (χ3n) is 3.05. The van der Waals surface area contributed by atoms with Crippen molar-refractivity contribution in [3.63, 3.8) is 0 Å². The van der Waals surface area contributed by atoms with Crippen LogP contribution in [0.5, 0.6) is 0 Å². The van der Waals surface area contributed by atoms with Gasteiger partial charge in [0, 0.05) is 10.5 Å². The number of halogens is 1. The van der Waals surface area contributed by atoms with Gasteiger partial charge in [0.05, 0.1) is 0 Å². The standard InChI is InChI=1S/C15H24BrN/c1-4-5-12(2)11-17-13(3)10-14-6-8-15(16)9-7-14/h6-9,12-13,17H,4-5,10-11H2,1-3H3. The molecule has 1 aromatic carbocycles. The Balaban J connectivity index is 2.29. The molecule has 1 N–H and O–H groups in total. The number of nitrogens with one attached hydrogen (secondary N) is 1. The van der Waals surface area contributed by atoms with E-state index in [1.807, 2.05) is 0 Å². The third kappa shape index (κ3) is 6.23. The van der Waals surface area contributed by atoms with E-state index < -0.39 is 0 Å². The van der Waals surface area contributed by atoms with Gasteiger partial charge < -0.3 is 5.32 Å². The van der Waals surface area contributed by atoms with Crippen LogP contribution >= 0.6 is 15.9 Å². The topological polar surface area (TPSA) is 12.0 Å². The second kappa shape index (κ2) is 7.88. The molecule has 0 aliphatic rings. The second-order valence-electron chi connectivity index (χ2n) is 5.03. The summed E-state index contributed by atoms with van der Waals surface area (Å²) in [7, 11) is 0. The Morgan fingerprint density at radius 2 is 1.82 bits per heavy atom. The van der Waals surface area contributed by atoms with Gasteiger partial charge in [-0.3, -0.25) is 0 Å². The minimum absolute atomic E-state index is 0.551. The fourth-order valence-corrected chi connectivity index (χ4v) is 2.31. The zero-order valence-corrected chi connectivity index (χ0v) is 12.8. The molecule has 0 aliphatic carbocycles. The highest BCUT2D eigenvalue weighted by molar-refractivity contribution is 9.10. The van der Waals surface area contributed by atoms with Gasteiger partial charge in [0.2, 0.25) is 0 Å². The average molecular weight is 298 g/mol. The van der Waals surface area contributed by atoms with Gasteiger partial charge in [-0.1, -0.05) is 48.3 Å². The molecule has 0 saturated heterocycles. The van der Waals surface area contributed by atoms with Crippen molar-refractivity contribution in [1.29, 1.82) is 0 Å². The molecule has 1 aromatic rings. The molecule has 0 aliphatic heterocycles. The van der Waals surface area contributed by atoms with Crippen LogP contribution in [0.2, 0.25) is 0 Å². The van der Waals surface area contributed by atoms with E-state index in [0.717, 1.165) is 23.4 Å². The first-order chi connectivity index (χ1) is 8.11. The molecule has 2 unspecified atom stereocenters. The first kappa shape index (κ1) is 14.7. The average Bonchev–Trinajstić information content (AvgIpc) is 2.30. The van der Waals surface area contributed by atoms with Gasteiger partial charge in [0.1, 0.15) is 0 Å². The molecule has 17 heavy (non-hydrogen) atoms. The van der Waals surface area contributed by atoms with Gasteiger partial charge in [-0.05, 0) is 49.9 Å². The van der Waals surface area contributed by atoms with E-state index >= 15 is 0 Å². The number of hydrogen-bond acceptors (Lipinski definition) is 1. The lowest BCUT2D eigenvalue weighted by molar-refractivity contribution is 0.436. The van der Waals surface area contributed by atoms with Crippen LogP contribution in [-0.4, -0.2) is 12.6 Å². The fourth-order valence-electron chi connectivity index (χ4n) is 2.04. The van der Waals surface area contributed by atoms with Crippen molar-refractivity contribution >= 4 is 15.9 Å². The monoisotopic (exact) mass is 297 g/mol. The first-order valence-electron chi connectivity index (χ1n) is 6.59. The Labute approximate surface area is 114 Å². The molecule has 0 radical (unpaired) electrons. The minimum atomic E-state index is 0.551. The van der Waals surface area contributed by atoms with Crippen LogP contribution in [0.3, 0.4) is 0 Å². The van der Waals surface area contributed by atoms with Gasteiger partial charge in [0.25, 0.3) is 0 Å². The lowest BCUT2D eigenvalue weighted by atomic mass is 10.0. The van der Waals surface area contributed by atoms with Crippen molar-refractivity contribution in [3.8, 4) is 0 Å². The lowest BCUT2D eigenvalue weighted by Crippen LogP contribution is -2.31. The Morgan fingerprint density at radius 3 is 2.41 bits per heavy atom. The van der Waals surface area contributed by atoms with Crippen LogP contribution in [0.15, 0.2) is 28.7 Å². The van der Waals surface area contributed by atoms with Gasteiger partial charge >= 0.3 is 0 Å². The minimum Gasteiger partial charge on any atom is -0.314 e. The summed E-state index contributed by atoms with van der Waals surface area (Å²) in [6.07, 6.45) is 3.70. The smallest absolute Gasteiger partial charge is 0.0175 e. The summed E-state index contributed by atoms with van der Waals surface area (Å²) in [5.74, 6) is 0.785. The quantitative estimate of drug-likeness (QED) is 0.786. The summed E-state index contributed by atoms with van der Waals surface area (Å²) >= 11 is 3.46. The molecule has 2 heteroatoms. The molecule has 0 saturated carbocycles. The molecule has 0 amide bonds. The molecule has 0 aromatic heterocycles. The van der Waals surface area contributed by atoms with Crippen molar-refractivity contribution in [3.05, 3.63) is 34.3 Å². The van der Waals surface area contributed by atoms with Crippen LogP contribution in [0, 0.1) is 5.92 Å². The van der Waals surface area contributed by atoms with E-state index in [9.17, 15) is 0 Å². The zero-order valence-electron chi connectivity index (χ0n) is 11.2. The van der Waals surface area contributed by atoms with E-state index in [2.05, 4.69) is 66.3 Å². The van der Waals surface area contributed by atoms with Crippen molar-refractivity contribution < 1.29 is 0 Å². The van der Waals surface area contributed by atoms with Crippen LogP contribution in [0.4, 0.5) is 0 Å². The first-order valence-corrected chi connectivity index (χ1v) is 7.39. The molecular weight excluding hydrogens is 274 g/mol. The highest BCUT2D eigenvalue weighted by Gasteiger charge is 2.05. The zero-order chi connectivity index (χ0) is 12.7. The summed E-state index contributed by atoms with van der Waals surface area (Å²) in [5, 5.41) is 3.62. The van der Waals surface area contributed by atoms with E-state index in [4.69, 9.17) is 0 Å². The molecule has 0 heterocycles. The summed E-state index contributed by atoms with van der Waals surface area (Å²) in [6, 6.07) is 9.16. The molecule has 1 nitrogen and oxygen atoms in total. The van der Waals surface area contributed by atoms with Crippen LogP contribution in [-0.2, 0) is 6.42 Å². The summed E-state index contributed by atoms with van der Waals surface area (Å²) < 4.78 is 1.15. The second-order valence-corrected chi connectivity index (χ2v) is 5.95. The van der Waals surface area contributed by atoms with E-state index in [1.165, 1.54) is 18.4 Å². The number of hydrogen-bond donors (Lipinski definition) is 1. The Morgan fingerprint density at radius 1 is 1.18 bits per heavy atom. The van der Waals surface area contributed by atoms with E-state index in [-0.39, 0.29) is 0 Å². The molecule has 96 valence electrons. The van der Waals surface area contributed by atoms with Gasteiger partial charge in [-0.15, -0.1) is 0 Å². The fraction of sp³-hybridized carbons (Fsp3) is 0.600. The highest BCUT2D eigenvalue weighted by atomic mass is 79.9. The molecule has 1 rings (SSSR count). The highest BCUT2D eigenvalue weighted by Crippen LogP contribution is 2.12. The van der Waals surface area contributed by atoms with Crippen LogP contribution in [0.25, 0.3) is 0 Å². The summed E-state index contributed by atoms with van der Waals surface area (Å²) in [4.78, 5) is 0. The van der Waals surface area contributed by atoms with E-state index in [1.54, 1.807) is 0 Å². The van der Waals surface area contributed by atoms with Gasteiger partial charge in [-0.2, -0.15) is 0 Å². The van der Waals surface area contributed by atoms with Crippen molar-refractivity contribution in [2.45, 2.75) is 46.1 Å². The van der Waals surface area contributed by atoms with Crippen LogP contribution < -0.4 is 5.32 Å². The third-order valence-corrected chi connectivity index (χ3v) is 3.58. The number of rotatable bonds is 7. The van der Waals surface area contributed by atoms with Gasteiger partial charge in [-0.25, -0.2) is 0 Å². The van der Waals surface area contributed by atoms with Crippen molar-refractivity contribution in [1.82, 2.24) is 5.32 Å². The molecule has 0 spiro atoms. The predicted molar refractivity (Wildman–Crippen MR) is 79.4 cm³/mol. The predicted octanol–water partition coefficient (Wildman–Crippen LogP) is 4.41. The molecule has 2 atom stereocenters. The lowest BCUT2D eigenvalue weighted by Gasteiger charge is -2.17. The largest absolute Gasteiger partial charge is 0.314 e.